The maximum absolute atomic E-state index is 5.70. The molecule has 0 aromatic carbocycles. The summed E-state index contributed by atoms with van der Waals surface area (Å²) in [6, 6.07) is 1.07. The molecule has 0 bridgehead atoms. The van der Waals surface area contributed by atoms with Gasteiger partial charge in [-0.1, -0.05) is 0 Å². The molecule has 5 heteroatoms. The smallest absolute Gasteiger partial charge is 0.320 e. The van der Waals surface area contributed by atoms with Crippen LogP contribution in [-0.2, 0) is 18.3 Å². The zero-order chi connectivity index (χ0) is 11.8. The number of ether oxygens (including phenoxy) is 2. The van der Waals surface area contributed by atoms with E-state index in [1.807, 2.05) is 0 Å². The molecule has 0 aromatic heterocycles. The fourth-order valence-electron chi connectivity index (χ4n) is 1.67. The fraction of sp³-hybridized carbons (Fsp3) is 1.00. The molecule has 0 radical (unpaired) electrons. The highest BCUT2D eigenvalue weighted by Gasteiger charge is 2.24. The fourth-order valence-corrected chi connectivity index (χ4v) is 2.96. The van der Waals surface area contributed by atoms with Crippen molar-refractivity contribution in [2.75, 3.05) is 27.4 Å². The summed E-state index contributed by atoms with van der Waals surface area (Å²) < 4.78 is 21.4. The van der Waals surface area contributed by atoms with Crippen molar-refractivity contribution in [1.29, 1.82) is 0 Å². The number of hydrogen-bond acceptors (Lipinski definition) is 4. The van der Waals surface area contributed by atoms with E-state index in [-0.39, 0.29) is 0 Å². The minimum Gasteiger partial charge on any atom is -0.400 e. The summed E-state index contributed by atoms with van der Waals surface area (Å²) in [6.45, 7) is 3.87. The van der Waals surface area contributed by atoms with Gasteiger partial charge in [0, 0.05) is 27.2 Å². The molecule has 1 rings (SSSR count). The van der Waals surface area contributed by atoms with Crippen LogP contribution in [0.15, 0.2) is 0 Å². The van der Waals surface area contributed by atoms with E-state index in [0.717, 1.165) is 38.5 Å². The predicted octanol–water partition coefficient (Wildman–Crippen LogP) is 1.47. The standard InChI is InChI=1S/C11H24O4Si/c1-10(8-11-9-15-11)14-6-4-5-7-16(12-2)13-3/h10-11,16H,4-9H2,1-3H3. The van der Waals surface area contributed by atoms with E-state index in [9.17, 15) is 0 Å². The molecule has 96 valence electrons. The highest BCUT2D eigenvalue weighted by molar-refractivity contribution is 6.44. The lowest BCUT2D eigenvalue weighted by atomic mass is 10.2. The lowest BCUT2D eigenvalue weighted by molar-refractivity contribution is 0.0529. The lowest BCUT2D eigenvalue weighted by Crippen LogP contribution is -2.18. The minimum atomic E-state index is -1.35. The first-order chi connectivity index (χ1) is 7.76. The molecule has 1 fully saturated rings. The molecule has 16 heavy (non-hydrogen) atoms. The van der Waals surface area contributed by atoms with Gasteiger partial charge in [-0.3, -0.25) is 0 Å². The third-order valence-corrected chi connectivity index (χ3v) is 4.69. The summed E-state index contributed by atoms with van der Waals surface area (Å²) in [5.74, 6) is 0. The Hall–Kier alpha value is 0.0569. The van der Waals surface area contributed by atoms with Crippen LogP contribution < -0.4 is 0 Å². The van der Waals surface area contributed by atoms with Crippen LogP contribution in [0.4, 0.5) is 0 Å². The average Bonchev–Trinajstić information content (AvgIpc) is 3.07. The van der Waals surface area contributed by atoms with Crippen LogP contribution in [0.1, 0.15) is 26.2 Å². The Morgan fingerprint density at radius 3 is 2.56 bits per heavy atom. The first kappa shape index (κ1) is 14.1. The van der Waals surface area contributed by atoms with Crippen LogP contribution in [0.3, 0.4) is 0 Å². The number of hydrogen-bond donors (Lipinski definition) is 0. The van der Waals surface area contributed by atoms with Crippen molar-refractivity contribution in [3.63, 3.8) is 0 Å². The van der Waals surface area contributed by atoms with Gasteiger partial charge >= 0.3 is 9.28 Å². The zero-order valence-electron chi connectivity index (χ0n) is 10.6. The Kier molecular flexibility index (Phi) is 7.23. The average molecular weight is 248 g/mol. The molecule has 0 N–H and O–H groups in total. The molecular formula is C11H24O4Si. The SMILES string of the molecule is CO[SiH](CCCCOC(C)CC1CO1)OC. The summed E-state index contributed by atoms with van der Waals surface area (Å²) in [4.78, 5) is 0. The topological polar surface area (TPSA) is 40.2 Å². The molecule has 1 saturated heterocycles. The van der Waals surface area contributed by atoms with Gasteiger partial charge in [-0.2, -0.15) is 0 Å². The molecule has 2 unspecified atom stereocenters. The van der Waals surface area contributed by atoms with Gasteiger partial charge in [0.1, 0.15) is 0 Å². The van der Waals surface area contributed by atoms with Crippen molar-refractivity contribution < 1.29 is 18.3 Å². The van der Waals surface area contributed by atoms with Crippen LogP contribution in [0.25, 0.3) is 0 Å². The maximum atomic E-state index is 5.70. The van der Waals surface area contributed by atoms with E-state index in [0.29, 0.717) is 12.2 Å². The third-order valence-electron chi connectivity index (χ3n) is 2.76. The molecule has 2 atom stereocenters. The summed E-state index contributed by atoms with van der Waals surface area (Å²) in [5, 5.41) is 0. The minimum absolute atomic E-state index is 0.324. The maximum Gasteiger partial charge on any atom is 0.320 e. The Balaban J connectivity index is 1.86. The van der Waals surface area contributed by atoms with Crippen LogP contribution in [0.5, 0.6) is 0 Å². The number of unbranched alkanes of at least 4 members (excludes halogenated alkanes) is 1. The van der Waals surface area contributed by atoms with Gasteiger partial charge in [-0.15, -0.1) is 0 Å². The van der Waals surface area contributed by atoms with Crippen LogP contribution >= 0.6 is 0 Å². The van der Waals surface area contributed by atoms with E-state index < -0.39 is 9.28 Å². The Bertz CT molecular complexity index is 171. The zero-order valence-corrected chi connectivity index (χ0v) is 11.8. The molecule has 0 spiro atoms. The predicted molar refractivity (Wildman–Crippen MR) is 65.0 cm³/mol. The molecule has 0 saturated carbocycles. The second kappa shape index (κ2) is 8.19. The van der Waals surface area contributed by atoms with Crippen molar-refractivity contribution in [3.05, 3.63) is 0 Å². The molecule has 1 aliphatic heterocycles. The molecule has 0 amide bonds. The molecular weight excluding hydrogens is 224 g/mol. The highest BCUT2D eigenvalue weighted by atomic mass is 28.3. The molecule has 0 aliphatic carbocycles. The summed E-state index contributed by atoms with van der Waals surface area (Å²) in [5.41, 5.74) is 0. The Morgan fingerprint density at radius 1 is 1.31 bits per heavy atom. The second-order valence-corrected chi connectivity index (χ2v) is 6.65. The van der Waals surface area contributed by atoms with Crippen LogP contribution in [-0.4, -0.2) is 48.9 Å². The van der Waals surface area contributed by atoms with Gasteiger partial charge < -0.3 is 18.3 Å². The van der Waals surface area contributed by atoms with Gasteiger partial charge in [-0.05, 0) is 25.8 Å². The van der Waals surface area contributed by atoms with E-state index in [4.69, 9.17) is 18.3 Å². The van der Waals surface area contributed by atoms with Gasteiger partial charge in [0.05, 0.1) is 18.8 Å². The van der Waals surface area contributed by atoms with Gasteiger partial charge in [0.25, 0.3) is 0 Å². The first-order valence-electron chi connectivity index (χ1n) is 6.05. The van der Waals surface area contributed by atoms with E-state index in [2.05, 4.69) is 6.92 Å². The van der Waals surface area contributed by atoms with Gasteiger partial charge in [0.2, 0.25) is 0 Å². The quantitative estimate of drug-likeness (QED) is 0.333. The van der Waals surface area contributed by atoms with Crippen molar-refractivity contribution >= 4 is 9.28 Å². The summed E-state index contributed by atoms with van der Waals surface area (Å²) in [7, 11) is 2.11. The van der Waals surface area contributed by atoms with Gasteiger partial charge in [-0.25, -0.2) is 0 Å². The van der Waals surface area contributed by atoms with Crippen molar-refractivity contribution in [3.8, 4) is 0 Å². The molecule has 4 nitrogen and oxygen atoms in total. The summed E-state index contributed by atoms with van der Waals surface area (Å²) >= 11 is 0. The van der Waals surface area contributed by atoms with Crippen molar-refractivity contribution in [1.82, 2.24) is 0 Å². The molecule has 1 heterocycles. The Morgan fingerprint density at radius 2 is 2.00 bits per heavy atom. The number of epoxide rings is 1. The largest absolute Gasteiger partial charge is 0.400 e. The lowest BCUT2D eigenvalue weighted by Gasteiger charge is -2.13. The van der Waals surface area contributed by atoms with Crippen LogP contribution in [0.2, 0.25) is 6.04 Å². The second-order valence-electron chi connectivity index (χ2n) is 4.27. The summed E-state index contributed by atoms with van der Waals surface area (Å²) in [6.07, 6.45) is 4.05. The highest BCUT2D eigenvalue weighted by Crippen LogP contribution is 2.17. The normalized spacial score (nSPS) is 21.4. The Labute approximate surface area is 100 Å². The molecule has 1 aliphatic rings. The van der Waals surface area contributed by atoms with E-state index >= 15 is 0 Å². The molecule has 0 aromatic rings. The van der Waals surface area contributed by atoms with Gasteiger partial charge in [0.15, 0.2) is 0 Å². The van der Waals surface area contributed by atoms with E-state index in [1.54, 1.807) is 14.2 Å². The first-order valence-corrected chi connectivity index (χ1v) is 7.81. The van der Waals surface area contributed by atoms with E-state index in [1.165, 1.54) is 0 Å². The number of rotatable bonds is 10. The monoisotopic (exact) mass is 248 g/mol. The van der Waals surface area contributed by atoms with Crippen molar-refractivity contribution in [2.24, 2.45) is 0 Å². The van der Waals surface area contributed by atoms with Crippen LogP contribution in [0, 0.1) is 0 Å². The van der Waals surface area contributed by atoms with Crippen molar-refractivity contribution in [2.45, 2.75) is 44.4 Å². The third kappa shape index (κ3) is 6.60.